The minimum Gasteiger partial charge on any atom is -0.355 e. The summed E-state index contributed by atoms with van der Waals surface area (Å²) >= 11 is 0. The van der Waals surface area contributed by atoms with Crippen molar-refractivity contribution in [1.29, 1.82) is 0 Å². The van der Waals surface area contributed by atoms with Gasteiger partial charge < -0.3 is 16.0 Å². The molecular weight excluding hydrogens is 395 g/mol. The fraction of sp³-hybridized carbons (Fsp3) is 0.0909. The maximum Gasteiger partial charge on any atom is 0.416 e. The number of alkyl halides is 3. The molecular formula is C22H18F3N3O2. The van der Waals surface area contributed by atoms with Crippen LogP contribution >= 0.6 is 0 Å². The van der Waals surface area contributed by atoms with Gasteiger partial charge in [-0.3, -0.25) is 9.59 Å². The maximum absolute atomic E-state index is 12.9. The quantitative estimate of drug-likeness (QED) is 0.506. The number of hydrogen-bond acceptors (Lipinski definition) is 3. The molecule has 0 bridgehead atoms. The lowest BCUT2D eigenvalue weighted by Crippen LogP contribution is -2.14. The summed E-state index contributed by atoms with van der Waals surface area (Å²) in [6.45, 7) is 1.39. The van der Waals surface area contributed by atoms with Crippen LogP contribution in [0, 0.1) is 0 Å². The summed E-state index contributed by atoms with van der Waals surface area (Å²) in [6, 6.07) is 17.8. The molecule has 0 aliphatic rings. The molecule has 0 atom stereocenters. The van der Waals surface area contributed by atoms with Gasteiger partial charge in [-0.1, -0.05) is 18.2 Å². The number of anilines is 4. The smallest absolute Gasteiger partial charge is 0.355 e. The van der Waals surface area contributed by atoms with Crippen molar-refractivity contribution in [3.05, 3.63) is 83.9 Å². The van der Waals surface area contributed by atoms with E-state index in [0.717, 1.165) is 12.1 Å². The average molecular weight is 413 g/mol. The fourth-order valence-corrected chi connectivity index (χ4v) is 2.76. The van der Waals surface area contributed by atoms with Gasteiger partial charge in [0.15, 0.2) is 0 Å². The molecule has 0 spiro atoms. The first-order chi connectivity index (χ1) is 14.2. The number of para-hydroxylation sites is 1. The van der Waals surface area contributed by atoms with E-state index in [2.05, 4.69) is 16.0 Å². The van der Waals surface area contributed by atoms with Crippen LogP contribution in [0.3, 0.4) is 0 Å². The van der Waals surface area contributed by atoms with Gasteiger partial charge >= 0.3 is 6.18 Å². The molecule has 3 aromatic rings. The van der Waals surface area contributed by atoms with Crippen molar-refractivity contribution in [2.75, 3.05) is 16.0 Å². The second kappa shape index (κ2) is 8.69. The Labute approximate surface area is 170 Å². The van der Waals surface area contributed by atoms with Gasteiger partial charge in [0.1, 0.15) is 0 Å². The Hall–Kier alpha value is -3.81. The minimum atomic E-state index is -4.46. The van der Waals surface area contributed by atoms with Crippen LogP contribution in [0.15, 0.2) is 72.8 Å². The van der Waals surface area contributed by atoms with Crippen LogP contribution in [0.1, 0.15) is 22.8 Å². The number of carbonyl (C=O) groups is 2. The summed E-state index contributed by atoms with van der Waals surface area (Å²) < 4.78 is 38.8. The zero-order valence-corrected chi connectivity index (χ0v) is 15.9. The Morgan fingerprint density at radius 1 is 0.767 bits per heavy atom. The molecule has 0 aliphatic carbocycles. The Balaban J connectivity index is 1.78. The average Bonchev–Trinajstić information content (AvgIpc) is 2.69. The highest BCUT2D eigenvalue weighted by molar-refractivity contribution is 6.08. The molecule has 3 rings (SSSR count). The largest absolute Gasteiger partial charge is 0.416 e. The second-order valence-corrected chi connectivity index (χ2v) is 6.46. The van der Waals surface area contributed by atoms with Crippen LogP contribution in [0.5, 0.6) is 0 Å². The van der Waals surface area contributed by atoms with Gasteiger partial charge in [-0.25, -0.2) is 0 Å². The Morgan fingerprint density at radius 2 is 1.40 bits per heavy atom. The lowest BCUT2D eigenvalue weighted by molar-refractivity contribution is -0.137. The number of rotatable bonds is 5. The molecule has 154 valence electrons. The lowest BCUT2D eigenvalue weighted by Gasteiger charge is -2.14. The van der Waals surface area contributed by atoms with Crippen LogP contribution in [0.2, 0.25) is 0 Å². The first kappa shape index (κ1) is 20.9. The van der Waals surface area contributed by atoms with Crippen LogP contribution in [-0.4, -0.2) is 11.8 Å². The highest BCUT2D eigenvalue weighted by atomic mass is 19.4. The van der Waals surface area contributed by atoms with E-state index in [-0.39, 0.29) is 17.2 Å². The number of benzene rings is 3. The van der Waals surface area contributed by atoms with Gasteiger partial charge in [0.2, 0.25) is 5.91 Å². The number of amides is 2. The summed E-state index contributed by atoms with van der Waals surface area (Å²) in [7, 11) is 0. The fourth-order valence-electron chi connectivity index (χ4n) is 2.76. The zero-order valence-electron chi connectivity index (χ0n) is 15.9. The van der Waals surface area contributed by atoms with Gasteiger partial charge in [0.25, 0.3) is 5.91 Å². The van der Waals surface area contributed by atoms with E-state index < -0.39 is 17.6 Å². The molecule has 0 unspecified atom stereocenters. The third kappa shape index (κ3) is 5.38. The van der Waals surface area contributed by atoms with Crippen LogP contribution in [-0.2, 0) is 11.0 Å². The Morgan fingerprint density at radius 3 is 2.03 bits per heavy atom. The molecule has 5 nitrogen and oxygen atoms in total. The molecule has 0 saturated carbocycles. The molecule has 0 aromatic heterocycles. The highest BCUT2D eigenvalue weighted by Crippen LogP contribution is 2.32. The standard InChI is InChI=1S/C22H18F3N3O2/c1-14(29)26-16-9-11-17(12-10-16)28-21(30)19-7-2-3-8-20(19)27-18-6-4-5-15(13-18)22(23,24)25/h2-13,27H,1H3,(H,26,29)(H,28,30). The van der Waals surface area contributed by atoms with E-state index in [1.165, 1.54) is 19.1 Å². The van der Waals surface area contributed by atoms with Crippen LogP contribution < -0.4 is 16.0 Å². The van der Waals surface area contributed by atoms with Crippen molar-refractivity contribution in [2.24, 2.45) is 0 Å². The molecule has 0 heterocycles. The third-order valence-corrected chi connectivity index (χ3v) is 4.10. The van der Waals surface area contributed by atoms with Crippen LogP contribution in [0.4, 0.5) is 35.9 Å². The maximum atomic E-state index is 12.9. The molecule has 2 amide bonds. The first-order valence-electron chi connectivity index (χ1n) is 8.95. The van der Waals surface area contributed by atoms with Gasteiger partial charge in [-0.15, -0.1) is 0 Å². The molecule has 30 heavy (non-hydrogen) atoms. The Bertz CT molecular complexity index is 1060. The first-order valence-corrected chi connectivity index (χ1v) is 8.95. The van der Waals surface area contributed by atoms with Crippen molar-refractivity contribution in [1.82, 2.24) is 0 Å². The molecule has 3 N–H and O–H groups in total. The molecule has 0 fully saturated rings. The van der Waals surface area contributed by atoms with Crippen molar-refractivity contribution in [3.63, 3.8) is 0 Å². The SMILES string of the molecule is CC(=O)Nc1ccc(NC(=O)c2ccccc2Nc2cccc(C(F)(F)F)c2)cc1. The summed E-state index contributed by atoms with van der Waals surface area (Å²) in [5, 5.41) is 8.23. The van der Waals surface area contributed by atoms with Crippen molar-refractivity contribution in [3.8, 4) is 0 Å². The normalized spacial score (nSPS) is 10.9. The third-order valence-electron chi connectivity index (χ3n) is 4.10. The summed E-state index contributed by atoms with van der Waals surface area (Å²) in [5.74, 6) is -0.640. The van der Waals surface area contributed by atoms with Crippen molar-refractivity contribution >= 4 is 34.6 Å². The Kier molecular flexibility index (Phi) is 6.06. The molecule has 3 aromatic carbocycles. The molecule has 0 saturated heterocycles. The summed E-state index contributed by atoms with van der Waals surface area (Å²) in [6.07, 6.45) is -4.46. The van der Waals surface area contributed by atoms with E-state index in [9.17, 15) is 22.8 Å². The van der Waals surface area contributed by atoms with E-state index in [1.807, 2.05) is 0 Å². The predicted octanol–water partition coefficient (Wildman–Crippen LogP) is 5.66. The van der Waals surface area contributed by atoms with Crippen molar-refractivity contribution in [2.45, 2.75) is 13.1 Å². The summed E-state index contributed by atoms with van der Waals surface area (Å²) in [5.41, 5.74) is 1.15. The predicted molar refractivity (Wildman–Crippen MR) is 110 cm³/mol. The van der Waals surface area contributed by atoms with Gasteiger partial charge in [-0.05, 0) is 54.6 Å². The van der Waals surface area contributed by atoms with Crippen LogP contribution in [0.25, 0.3) is 0 Å². The number of hydrogen-bond donors (Lipinski definition) is 3. The van der Waals surface area contributed by atoms with Crippen molar-refractivity contribution < 1.29 is 22.8 Å². The number of nitrogens with one attached hydrogen (secondary N) is 3. The van der Waals surface area contributed by atoms with E-state index >= 15 is 0 Å². The molecule has 0 radical (unpaired) electrons. The monoisotopic (exact) mass is 413 g/mol. The van der Waals surface area contributed by atoms with E-state index in [1.54, 1.807) is 48.5 Å². The van der Waals surface area contributed by atoms with E-state index in [0.29, 0.717) is 17.1 Å². The minimum absolute atomic E-state index is 0.207. The van der Waals surface area contributed by atoms with Gasteiger partial charge in [0.05, 0.1) is 16.8 Å². The number of halogens is 3. The number of carbonyl (C=O) groups excluding carboxylic acids is 2. The molecule has 8 heteroatoms. The topological polar surface area (TPSA) is 70.2 Å². The van der Waals surface area contributed by atoms with Gasteiger partial charge in [-0.2, -0.15) is 13.2 Å². The molecule has 0 aliphatic heterocycles. The second-order valence-electron chi connectivity index (χ2n) is 6.46. The van der Waals surface area contributed by atoms with E-state index in [4.69, 9.17) is 0 Å². The highest BCUT2D eigenvalue weighted by Gasteiger charge is 2.30. The summed E-state index contributed by atoms with van der Waals surface area (Å²) in [4.78, 5) is 23.8. The zero-order chi connectivity index (χ0) is 21.7. The van der Waals surface area contributed by atoms with Gasteiger partial charge in [0, 0.05) is 24.0 Å². The lowest BCUT2D eigenvalue weighted by atomic mass is 10.1.